The lowest BCUT2D eigenvalue weighted by Gasteiger charge is -2.19. The van der Waals surface area contributed by atoms with E-state index in [1.165, 1.54) is 0 Å². The van der Waals surface area contributed by atoms with E-state index in [9.17, 15) is 19.5 Å². The van der Waals surface area contributed by atoms with E-state index in [4.69, 9.17) is 0 Å². The van der Waals surface area contributed by atoms with Crippen LogP contribution in [0.25, 0.3) is 0 Å². The first-order chi connectivity index (χ1) is 9.69. The van der Waals surface area contributed by atoms with Crippen LogP contribution in [0, 0.1) is 5.92 Å². The minimum atomic E-state index is -0.936. The predicted octanol–water partition coefficient (Wildman–Crippen LogP) is 0.230. The maximum Gasteiger partial charge on any atom is 0.325 e. The maximum atomic E-state index is 12.1. The molecule has 0 aromatic carbocycles. The summed E-state index contributed by atoms with van der Waals surface area (Å²) in [6.45, 7) is 7.18. The zero-order valence-electron chi connectivity index (χ0n) is 13.1. The highest BCUT2D eigenvalue weighted by Gasteiger charge is 2.46. The van der Waals surface area contributed by atoms with E-state index in [0.29, 0.717) is 18.8 Å². The lowest BCUT2D eigenvalue weighted by atomic mass is 9.99. The van der Waals surface area contributed by atoms with Crippen molar-refractivity contribution in [3.63, 3.8) is 0 Å². The minimum Gasteiger partial charge on any atom is -0.391 e. The molecule has 1 heterocycles. The highest BCUT2D eigenvalue weighted by molar-refractivity contribution is 6.08. The zero-order chi connectivity index (χ0) is 16.2. The average Bonchev–Trinajstić information content (AvgIpc) is 2.60. The van der Waals surface area contributed by atoms with Gasteiger partial charge in [0.2, 0.25) is 5.91 Å². The Kier molecular flexibility index (Phi) is 5.71. The van der Waals surface area contributed by atoms with Crippen molar-refractivity contribution < 1.29 is 19.5 Å². The summed E-state index contributed by atoms with van der Waals surface area (Å²) in [5.41, 5.74) is -0.936. The van der Waals surface area contributed by atoms with Crippen molar-refractivity contribution in [2.45, 2.75) is 52.2 Å². The molecule has 0 aromatic rings. The second-order valence-corrected chi connectivity index (χ2v) is 6.09. The number of hydrogen-bond acceptors (Lipinski definition) is 4. The molecule has 1 fully saturated rings. The number of nitrogens with zero attached hydrogens (tertiary/aromatic N) is 1. The van der Waals surface area contributed by atoms with Crippen LogP contribution in [0.1, 0.15) is 40.5 Å². The molecule has 0 aliphatic carbocycles. The summed E-state index contributed by atoms with van der Waals surface area (Å²) in [6.07, 6.45) is 0.415. The number of carbonyl (C=O) groups excluding carboxylic acids is 3. The minimum absolute atomic E-state index is 0.117. The van der Waals surface area contributed by atoms with Crippen LogP contribution in [-0.2, 0) is 9.59 Å². The molecule has 7 nitrogen and oxygen atoms in total. The van der Waals surface area contributed by atoms with Gasteiger partial charge in [-0.25, -0.2) is 4.79 Å². The molecule has 7 heteroatoms. The summed E-state index contributed by atoms with van der Waals surface area (Å²) in [4.78, 5) is 36.5. The molecule has 0 bridgehead atoms. The van der Waals surface area contributed by atoms with Crippen molar-refractivity contribution in [3.05, 3.63) is 0 Å². The molecule has 120 valence electrons. The highest BCUT2D eigenvalue weighted by Crippen LogP contribution is 2.20. The fourth-order valence-electron chi connectivity index (χ4n) is 2.19. The average molecular weight is 299 g/mol. The Morgan fingerprint density at radius 1 is 1.43 bits per heavy atom. The normalized spacial score (nSPS) is 23.4. The molecular formula is C14H25N3O4. The van der Waals surface area contributed by atoms with E-state index < -0.39 is 29.5 Å². The van der Waals surface area contributed by atoms with Crippen LogP contribution >= 0.6 is 0 Å². The number of aliphatic hydroxyl groups is 1. The predicted molar refractivity (Wildman–Crippen MR) is 77.4 cm³/mol. The monoisotopic (exact) mass is 299 g/mol. The summed E-state index contributed by atoms with van der Waals surface area (Å²) in [7, 11) is 0. The van der Waals surface area contributed by atoms with Gasteiger partial charge < -0.3 is 15.7 Å². The molecule has 21 heavy (non-hydrogen) atoms. The zero-order valence-corrected chi connectivity index (χ0v) is 13.1. The molecule has 1 aliphatic heterocycles. The van der Waals surface area contributed by atoms with Gasteiger partial charge >= 0.3 is 6.03 Å². The van der Waals surface area contributed by atoms with Gasteiger partial charge in [-0.15, -0.1) is 0 Å². The molecular weight excluding hydrogens is 274 g/mol. The Labute approximate surface area is 125 Å². The molecule has 0 aromatic heterocycles. The van der Waals surface area contributed by atoms with Crippen LogP contribution in [-0.4, -0.2) is 52.6 Å². The standard InChI is InChI=1S/C14H25N3O4/c1-5-14(4)12(20)17(13(21)16-14)8-11(19)15-7-10(18)6-9(2)3/h9-10,18H,5-8H2,1-4H3,(H,15,19)(H,16,21). The van der Waals surface area contributed by atoms with Crippen LogP contribution in [0.15, 0.2) is 0 Å². The van der Waals surface area contributed by atoms with E-state index >= 15 is 0 Å². The van der Waals surface area contributed by atoms with Gasteiger partial charge in [0, 0.05) is 6.54 Å². The van der Waals surface area contributed by atoms with Crippen LogP contribution in [0.5, 0.6) is 0 Å². The molecule has 1 saturated heterocycles. The van der Waals surface area contributed by atoms with Crippen molar-refractivity contribution >= 4 is 17.8 Å². The number of urea groups is 1. The first-order valence-electron chi connectivity index (χ1n) is 7.28. The Morgan fingerprint density at radius 2 is 2.05 bits per heavy atom. The number of hydrogen-bond donors (Lipinski definition) is 3. The number of rotatable bonds is 7. The van der Waals surface area contributed by atoms with Gasteiger partial charge in [-0.3, -0.25) is 14.5 Å². The Hall–Kier alpha value is -1.63. The SMILES string of the molecule is CCC1(C)NC(=O)N(CC(=O)NCC(O)CC(C)C)C1=O. The van der Waals surface area contributed by atoms with E-state index in [1.807, 2.05) is 13.8 Å². The van der Waals surface area contributed by atoms with Crippen molar-refractivity contribution in [1.82, 2.24) is 15.5 Å². The van der Waals surface area contributed by atoms with Crippen molar-refractivity contribution in [2.24, 2.45) is 5.92 Å². The molecule has 2 unspecified atom stereocenters. The third-order valence-electron chi connectivity index (χ3n) is 3.63. The quantitative estimate of drug-likeness (QED) is 0.586. The van der Waals surface area contributed by atoms with Crippen molar-refractivity contribution in [2.75, 3.05) is 13.1 Å². The third kappa shape index (κ3) is 4.42. The third-order valence-corrected chi connectivity index (χ3v) is 3.63. The van der Waals surface area contributed by atoms with Gasteiger partial charge in [0.15, 0.2) is 0 Å². The van der Waals surface area contributed by atoms with Gasteiger partial charge in [-0.1, -0.05) is 20.8 Å². The van der Waals surface area contributed by atoms with Gasteiger partial charge in [-0.05, 0) is 25.7 Å². The van der Waals surface area contributed by atoms with Gasteiger partial charge in [0.05, 0.1) is 6.10 Å². The van der Waals surface area contributed by atoms with Crippen molar-refractivity contribution in [3.8, 4) is 0 Å². The molecule has 1 rings (SSSR count). The van der Waals surface area contributed by atoms with E-state index in [2.05, 4.69) is 10.6 Å². The summed E-state index contributed by atoms with van der Waals surface area (Å²) in [5.74, 6) is -0.525. The number of aliphatic hydroxyl groups excluding tert-OH is 1. The molecule has 0 saturated carbocycles. The Morgan fingerprint density at radius 3 is 2.52 bits per heavy atom. The number of carbonyl (C=O) groups is 3. The second kappa shape index (κ2) is 6.89. The van der Waals surface area contributed by atoms with Crippen LogP contribution in [0.2, 0.25) is 0 Å². The number of amides is 4. The number of nitrogens with one attached hydrogen (secondary N) is 2. The van der Waals surface area contributed by atoms with Crippen LogP contribution in [0.3, 0.4) is 0 Å². The van der Waals surface area contributed by atoms with E-state index in [-0.39, 0.29) is 13.1 Å². The lowest BCUT2D eigenvalue weighted by Crippen LogP contribution is -2.45. The van der Waals surface area contributed by atoms with Gasteiger partial charge in [0.1, 0.15) is 12.1 Å². The molecule has 0 spiro atoms. The van der Waals surface area contributed by atoms with Gasteiger partial charge in [0.25, 0.3) is 5.91 Å². The molecule has 3 N–H and O–H groups in total. The second-order valence-electron chi connectivity index (χ2n) is 6.09. The summed E-state index contributed by atoms with van der Waals surface area (Å²) >= 11 is 0. The molecule has 0 radical (unpaired) electrons. The maximum absolute atomic E-state index is 12.1. The Balaban J connectivity index is 2.48. The molecule has 1 aliphatic rings. The fourth-order valence-corrected chi connectivity index (χ4v) is 2.19. The fraction of sp³-hybridized carbons (Fsp3) is 0.786. The Bertz CT molecular complexity index is 424. The molecule has 4 amide bonds. The first-order valence-corrected chi connectivity index (χ1v) is 7.28. The van der Waals surface area contributed by atoms with Crippen molar-refractivity contribution in [1.29, 1.82) is 0 Å². The summed E-state index contributed by atoms with van der Waals surface area (Å²) in [6, 6.07) is -0.553. The van der Waals surface area contributed by atoms with E-state index in [1.54, 1.807) is 13.8 Å². The van der Waals surface area contributed by atoms with Crippen LogP contribution < -0.4 is 10.6 Å². The first kappa shape index (κ1) is 17.4. The largest absolute Gasteiger partial charge is 0.391 e. The number of imide groups is 1. The van der Waals surface area contributed by atoms with Gasteiger partial charge in [-0.2, -0.15) is 0 Å². The van der Waals surface area contributed by atoms with Crippen LogP contribution in [0.4, 0.5) is 4.79 Å². The smallest absolute Gasteiger partial charge is 0.325 e. The highest BCUT2D eigenvalue weighted by atomic mass is 16.3. The summed E-state index contributed by atoms with van der Waals surface area (Å²) < 4.78 is 0. The summed E-state index contributed by atoms with van der Waals surface area (Å²) in [5, 5.41) is 14.8. The lowest BCUT2D eigenvalue weighted by molar-refractivity contribution is -0.134. The topological polar surface area (TPSA) is 98.7 Å². The molecule has 2 atom stereocenters. The van der Waals surface area contributed by atoms with E-state index in [0.717, 1.165) is 4.90 Å².